The third kappa shape index (κ3) is 3.17. The van der Waals surface area contributed by atoms with E-state index in [9.17, 15) is 13.6 Å². The van der Waals surface area contributed by atoms with Gasteiger partial charge in [-0.1, -0.05) is 18.2 Å². The van der Waals surface area contributed by atoms with Crippen LogP contribution in [0.1, 0.15) is 22.5 Å². The molecule has 102 valence electrons. The smallest absolute Gasteiger partial charge is 0.261 e. The standard InChI is InChI=1S/C14H15F2NO2/c1-9-14(10-4-2-3-5-11(10)17-9)12(18)6-7-19-8-13(15)16/h2-5,13,17H,6-8H2,1H3. The summed E-state index contributed by atoms with van der Waals surface area (Å²) in [4.78, 5) is 15.2. The number of Topliss-reactive ketones (excluding diaryl/α,β-unsaturated/α-hetero) is 1. The summed E-state index contributed by atoms with van der Waals surface area (Å²) in [6.45, 7) is 1.22. The lowest BCUT2D eigenvalue weighted by Gasteiger charge is -2.03. The number of hydrogen-bond acceptors (Lipinski definition) is 2. The fraction of sp³-hybridized carbons (Fsp3) is 0.357. The van der Waals surface area contributed by atoms with Crippen LogP contribution in [0.4, 0.5) is 8.78 Å². The predicted molar refractivity (Wildman–Crippen MR) is 68.8 cm³/mol. The van der Waals surface area contributed by atoms with Crippen LogP contribution in [0.2, 0.25) is 0 Å². The normalized spacial score (nSPS) is 11.4. The van der Waals surface area contributed by atoms with Crippen LogP contribution in [-0.2, 0) is 4.74 Å². The van der Waals surface area contributed by atoms with Gasteiger partial charge in [-0.25, -0.2) is 8.78 Å². The maximum absolute atomic E-state index is 12.1. The second-order valence-electron chi connectivity index (χ2n) is 4.31. The first kappa shape index (κ1) is 13.7. The molecule has 0 fully saturated rings. The van der Waals surface area contributed by atoms with E-state index in [0.717, 1.165) is 16.6 Å². The van der Waals surface area contributed by atoms with Gasteiger partial charge in [0, 0.05) is 28.6 Å². The summed E-state index contributed by atoms with van der Waals surface area (Å²) < 4.78 is 28.5. The van der Waals surface area contributed by atoms with Crippen LogP contribution in [0.5, 0.6) is 0 Å². The molecule has 2 aromatic rings. The summed E-state index contributed by atoms with van der Waals surface area (Å²) in [6, 6.07) is 7.51. The molecular weight excluding hydrogens is 252 g/mol. The van der Waals surface area contributed by atoms with Crippen LogP contribution in [0.25, 0.3) is 10.9 Å². The van der Waals surface area contributed by atoms with Crippen molar-refractivity contribution in [1.29, 1.82) is 0 Å². The minimum absolute atomic E-state index is 0.0160. The van der Waals surface area contributed by atoms with Gasteiger partial charge < -0.3 is 9.72 Å². The summed E-state index contributed by atoms with van der Waals surface area (Å²) in [5.74, 6) is -0.0933. The largest absolute Gasteiger partial charge is 0.375 e. The molecule has 1 heterocycles. The Bertz CT molecular complexity index is 578. The first-order chi connectivity index (χ1) is 9.09. The van der Waals surface area contributed by atoms with Crippen molar-refractivity contribution >= 4 is 16.7 Å². The van der Waals surface area contributed by atoms with Crippen molar-refractivity contribution in [1.82, 2.24) is 4.98 Å². The molecule has 1 aromatic heterocycles. The van der Waals surface area contributed by atoms with E-state index in [1.165, 1.54) is 0 Å². The van der Waals surface area contributed by atoms with Crippen molar-refractivity contribution in [3.05, 3.63) is 35.5 Å². The summed E-state index contributed by atoms with van der Waals surface area (Å²) in [5.41, 5.74) is 2.31. The Morgan fingerprint density at radius 1 is 1.37 bits per heavy atom. The minimum atomic E-state index is -2.50. The Morgan fingerprint density at radius 2 is 2.11 bits per heavy atom. The number of carbonyl (C=O) groups is 1. The first-order valence-corrected chi connectivity index (χ1v) is 6.06. The van der Waals surface area contributed by atoms with Crippen LogP contribution in [0.3, 0.4) is 0 Å². The molecule has 0 saturated heterocycles. The highest BCUT2D eigenvalue weighted by Crippen LogP contribution is 2.23. The first-order valence-electron chi connectivity index (χ1n) is 6.06. The van der Waals surface area contributed by atoms with Gasteiger partial charge >= 0.3 is 0 Å². The number of nitrogens with one attached hydrogen (secondary N) is 1. The number of alkyl halides is 2. The van der Waals surface area contributed by atoms with Gasteiger partial charge in [0.15, 0.2) is 5.78 Å². The number of rotatable bonds is 6. The molecule has 1 aromatic carbocycles. The molecule has 3 nitrogen and oxygen atoms in total. The fourth-order valence-electron chi connectivity index (χ4n) is 2.10. The minimum Gasteiger partial charge on any atom is -0.375 e. The summed E-state index contributed by atoms with van der Waals surface area (Å²) >= 11 is 0. The van der Waals surface area contributed by atoms with E-state index in [-0.39, 0.29) is 18.8 Å². The van der Waals surface area contributed by atoms with Crippen LogP contribution in [0.15, 0.2) is 24.3 Å². The molecule has 0 aliphatic heterocycles. The zero-order chi connectivity index (χ0) is 13.8. The van der Waals surface area contributed by atoms with Crippen molar-refractivity contribution in [3.63, 3.8) is 0 Å². The molecule has 0 unspecified atom stereocenters. The number of carbonyl (C=O) groups excluding carboxylic acids is 1. The molecule has 0 aliphatic carbocycles. The molecule has 0 atom stereocenters. The molecule has 5 heteroatoms. The number of ether oxygens (including phenoxy) is 1. The molecule has 0 bridgehead atoms. The van der Waals surface area contributed by atoms with Gasteiger partial charge in [-0.3, -0.25) is 4.79 Å². The molecular formula is C14H15F2NO2. The number of benzene rings is 1. The highest BCUT2D eigenvalue weighted by molar-refractivity contribution is 6.09. The van der Waals surface area contributed by atoms with Gasteiger partial charge in [0.1, 0.15) is 6.61 Å². The van der Waals surface area contributed by atoms with Gasteiger partial charge in [-0.05, 0) is 13.0 Å². The average Bonchev–Trinajstić information content (AvgIpc) is 2.70. The molecule has 0 spiro atoms. The van der Waals surface area contributed by atoms with Crippen LogP contribution >= 0.6 is 0 Å². The average molecular weight is 267 g/mol. The van der Waals surface area contributed by atoms with Gasteiger partial charge in [0.2, 0.25) is 0 Å². The van der Waals surface area contributed by atoms with E-state index in [4.69, 9.17) is 4.74 Å². The third-order valence-electron chi connectivity index (χ3n) is 2.89. The van der Waals surface area contributed by atoms with Gasteiger partial charge in [-0.2, -0.15) is 0 Å². The highest BCUT2D eigenvalue weighted by Gasteiger charge is 2.15. The third-order valence-corrected chi connectivity index (χ3v) is 2.89. The Hall–Kier alpha value is -1.75. The number of aryl methyl sites for hydroxylation is 1. The maximum Gasteiger partial charge on any atom is 0.261 e. The molecule has 0 saturated carbocycles. The van der Waals surface area contributed by atoms with E-state index in [1.807, 2.05) is 31.2 Å². The van der Waals surface area contributed by atoms with Crippen LogP contribution in [0, 0.1) is 6.92 Å². The number of halogens is 2. The van der Waals surface area contributed by atoms with Crippen LogP contribution < -0.4 is 0 Å². The number of fused-ring (bicyclic) bond motifs is 1. The summed E-state index contributed by atoms with van der Waals surface area (Å²) in [7, 11) is 0. The lowest BCUT2D eigenvalue weighted by Crippen LogP contribution is -2.09. The monoisotopic (exact) mass is 267 g/mol. The lowest BCUT2D eigenvalue weighted by molar-refractivity contribution is 0.0170. The molecule has 2 rings (SSSR count). The molecule has 19 heavy (non-hydrogen) atoms. The van der Waals surface area contributed by atoms with E-state index in [2.05, 4.69) is 4.98 Å². The Balaban J connectivity index is 2.07. The van der Waals surface area contributed by atoms with E-state index in [0.29, 0.717) is 5.56 Å². The van der Waals surface area contributed by atoms with E-state index >= 15 is 0 Å². The topological polar surface area (TPSA) is 42.1 Å². The fourth-order valence-corrected chi connectivity index (χ4v) is 2.10. The Kier molecular flexibility index (Phi) is 4.27. The second kappa shape index (κ2) is 5.93. The number of aromatic nitrogens is 1. The van der Waals surface area contributed by atoms with Crippen molar-refractivity contribution in [2.24, 2.45) is 0 Å². The highest BCUT2D eigenvalue weighted by atomic mass is 19.3. The maximum atomic E-state index is 12.1. The molecule has 0 radical (unpaired) electrons. The zero-order valence-electron chi connectivity index (χ0n) is 10.6. The van der Waals surface area contributed by atoms with Crippen molar-refractivity contribution in [3.8, 4) is 0 Å². The second-order valence-corrected chi connectivity index (χ2v) is 4.31. The Morgan fingerprint density at radius 3 is 2.84 bits per heavy atom. The molecule has 0 amide bonds. The zero-order valence-corrected chi connectivity index (χ0v) is 10.6. The predicted octanol–water partition coefficient (Wildman–Crippen LogP) is 3.33. The molecule has 1 N–H and O–H groups in total. The SMILES string of the molecule is Cc1[nH]c2ccccc2c1C(=O)CCOCC(F)F. The van der Waals surface area contributed by atoms with Crippen molar-refractivity contribution in [2.45, 2.75) is 19.8 Å². The van der Waals surface area contributed by atoms with Gasteiger partial charge in [0.05, 0.1) is 6.61 Å². The number of hydrogen-bond donors (Lipinski definition) is 1. The number of H-pyrrole nitrogens is 1. The van der Waals surface area contributed by atoms with Gasteiger partial charge in [-0.15, -0.1) is 0 Å². The summed E-state index contributed by atoms with van der Waals surface area (Å²) in [5, 5.41) is 0.860. The Labute approximate surface area is 109 Å². The number of ketones is 1. The number of aromatic amines is 1. The van der Waals surface area contributed by atoms with Gasteiger partial charge in [0.25, 0.3) is 6.43 Å². The lowest BCUT2D eigenvalue weighted by atomic mass is 10.0. The molecule has 0 aliphatic rings. The van der Waals surface area contributed by atoms with E-state index in [1.54, 1.807) is 0 Å². The van der Waals surface area contributed by atoms with E-state index < -0.39 is 13.0 Å². The van der Waals surface area contributed by atoms with Crippen molar-refractivity contribution in [2.75, 3.05) is 13.2 Å². The quantitative estimate of drug-likeness (QED) is 0.644. The summed E-state index contributed by atoms with van der Waals surface area (Å²) in [6.07, 6.45) is -2.39. The number of para-hydroxylation sites is 1. The van der Waals surface area contributed by atoms with Crippen LogP contribution in [-0.4, -0.2) is 30.4 Å². The van der Waals surface area contributed by atoms with Crippen molar-refractivity contribution < 1.29 is 18.3 Å².